The van der Waals surface area contributed by atoms with Crippen molar-refractivity contribution in [2.75, 3.05) is 26.2 Å². The molecule has 0 aromatic carbocycles. The van der Waals surface area contributed by atoms with Crippen molar-refractivity contribution < 1.29 is 5.11 Å². The second-order valence-corrected chi connectivity index (χ2v) is 5.77. The fourth-order valence-corrected chi connectivity index (χ4v) is 3.39. The highest BCUT2D eigenvalue weighted by Crippen LogP contribution is 2.28. The average molecular weight is 240 g/mol. The SMILES string of the molecule is CCCNCC1CCCN(C2CCCC2O)C1. The monoisotopic (exact) mass is 240 g/mol. The van der Waals surface area contributed by atoms with Crippen LogP contribution in [0.1, 0.15) is 45.4 Å². The lowest BCUT2D eigenvalue weighted by Gasteiger charge is -2.38. The molecule has 0 aromatic heterocycles. The Labute approximate surface area is 106 Å². The summed E-state index contributed by atoms with van der Waals surface area (Å²) in [7, 11) is 0. The van der Waals surface area contributed by atoms with Crippen LogP contribution in [0.5, 0.6) is 0 Å². The molecule has 3 atom stereocenters. The molecule has 1 heterocycles. The third-order valence-electron chi connectivity index (χ3n) is 4.32. The molecule has 3 nitrogen and oxygen atoms in total. The molecule has 2 N–H and O–H groups in total. The Morgan fingerprint density at radius 1 is 1.24 bits per heavy atom. The topological polar surface area (TPSA) is 35.5 Å². The molecule has 1 saturated carbocycles. The van der Waals surface area contributed by atoms with Gasteiger partial charge in [0.15, 0.2) is 0 Å². The van der Waals surface area contributed by atoms with E-state index in [0.29, 0.717) is 6.04 Å². The van der Waals surface area contributed by atoms with Gasteiger partial charge in [-0.25, -0.2) is 0 Å². The van der Waals surface area contributed by atoms with Gasteiger partial charge in [0.25, 0.3) is 0 Å². The summed E-state index contributed by atoms with van der Waals surface area (Å²) < 4.78 is 0. The maximum absolute atomic E-state index is 9.98. The summed E-state index contributed by atoms with van der Waals surface area (Å²) in [4.78, 5) is 2.56. The van der Waals surface area contributed by atoms with Crippen molar-refractivity contribution in [1.29, 1.82) is 0 Å². The number of aliphatic hydroxyl groups is 1. The number of rotatable bonds is 5. The highest BCUT2D eigenvalue weighted by Gasteiger charge is 2.33. The molecule has 1 saturated heterocycles. The molecule has 1 aliphatic heterocycles. The minimum absolute atomic E-state index is 0.0580. The fourth-order valence-electron chi connectivity index (χ4n) is 3.39. The molecule has 0 aromatic rings. The molecule has 2 aliphatic rings. The minimum Gasteiger partial charge on any atom is -0.391 e. The number of nitrogens with zero attached hydrogens (tertiary/aromatic N) is 1. The predicted molar refractivity (Wildman–Crippen MR) is 71.1 cm³/mol. The van der Waals surface area contributed by atoms with E-state index < -0.39 is 0 Å². The molecule has 3 unspecified atom stereocenters. The van der Waals surface area contributed by atoms with E-state index in [0.717, 1.165) is 25.4 Å². The minimum atomic E-state index is -0.0580. The average Bonchev–Trinajstić information content (AvgIpc) is 2.76. The normalized spacial score (nSPS) is 35.3. The predicted octanol–water partition coefficient (Wildman–Crippen LogP) is 1.61. The summed E-state index contributed by atoms with van der Waals surface area (Å²) in [5.41, 5.74) is 0. The molecular formula is C14H28N2O. The number of aliphatic hydroxyl groups excluding tert-OH is 1. The second kappa shape index (κ2) is 6.72. The maximum atomic E-state index is 9.98. The molecule has 0 spiro atoms. The molecule has 0 bridgehead atoms. The first-order valence-corrected chi connectivity index (χ1v) is 7.44. The molecular weight excluding hydrogens is 212 g/mol. The summed E-state index contributed by atoms with van der Waals surface area (Å²) in [6, 6.07) is 0.462. The van der Waals surface area contributed by atoms with Gasteiger partial charge in [0.05, 0.1) is 6.10 Å². The first kappa shape index (κ1) is 13.3. The van der Waals surface area contributed by atoms with E-state index in [1.165, 1.54) is 45.2 Å². The number of nitrogens with one attached hydrogen (secondary N) is 1. The summed E-state index contributed by atoms with van der Waals surface area (Å²) >= 11 is 0. The number of piperidine rings is 1. The van der Waals surface area contributed by atoms with Crippen molar-refractivity contribution in [3.8, 4) is 0 Å². The number of hydrogen-bond acceptors (Lipinski definition) is 3. The summed E-state index contributed by atoms with van der Waals surface area (Å²) in [6.07, 6.45) is 7.25. The Hall–Kier alpha value is -0.120. The zero-order chi connectivity index (χ0) is 12.1. The highest BCUT2D eigenvalue weighted by molar-refractivity contribution is 4.88. The Morgan fingerprint density at radius 3 is 2.82 bits per heavy atom. The van der Waals surface area contributed by atoms with Crippen LogP contribution in [0.4, 0.5) is 0 Å². The second-order valence-electron chi connectivity index (χ2n) is 5.77. The third kappa shape index (κ3) is 3.67. The van der Waals surface area contributed by atoms with E-state index in [1.54, 1.807) is 0 Å². The van der Waals surface area contributed by atoms with E-state index >= 15 is 0 Å². The van der Waals surface area contributed by atoms with Gasteiger partial charge < -0.3 is 10.4 Å². The number of likely N-dealkylation sites (tertiary alicyclic amines) is 1. The van der Waals surface area contributed by atoms with Crippen molar-refractivity contribution in [1.82, 2.24) is 10.2 Å². The van der Waals surface area contributed by atoms with Crippen molar-refractivity contribution in [2.24, 2.45) is 5.92 Å². The molecule has 3 heteroatoms. The fraction of sp³-hybridized carbons (Fsp3) is 1.00. The van der Waals surface area contributed by atoms with E-state index in [9.17, 15) is 5.11 Å². The Morgan fingerprint density at radius 2 is 2.12 bits per heavy atom. The van der Waals surface area contributed by atoms with Gasteiger partial charge in [0.1, 0.15) is 0 Å². The molecule has 2 rings (SSSR count). The van der Waals surface area contributed by atoms with Crippen molar-refractivity contribution >= 4 is 0 Å². The third-order valence-corrected chi connectivity index (χ3v) is 4.32. The van der Waals surface area contributed by atoms with Crippen molar-refractivity contribution in [3.05, 3.63) is 0 Å². The molecule has 2 fully saturated rings. The van der Waals surface area contributed by atoms with Crippen LogP contribution in [0.2, 0.25) is 0 Å². The van der Waals surface area contributed by atoms with Crippen LogP contribution >= 0.6 is 0 Å². The van der Waals surface area contributed by atoms with Gasteiger partial charge in [-0.2, -0.15) is 0 Å². The lowest BCUT2D eigenvalue weighted by molar-refractivity contribution is 0.0433. The van der Waals surface area contributed by atoms with Gasteiger partial charge in [-0.15, -0.1) is 0 Å². The van der Waals surface area contributed by atoms with Crippen molar-refractivity contribution in [3.63, 3.8) is 0 Å². The lowest BCUT2D eigenvalue weighted by Crippen LogP contribution is -2.47. The Balaban J connectivity index is 1.76. The van der Waals surface area contributed by atoms with Crippen LogP contribution in [0.25, 0.3) is 0 Å². The van der Waals surface area contributed by atoms with Gasteiger partial charge in [0.2, 0.25) is 0 Å². The molecule has 0 amide bonds. The van der Waals surface area contributed by atoms with E-state index in [4.69, 9.17) is 0 Å². The maximum Gasteiger partial charge on any atom is 0.0695 e. The standard InChI is InChI=1S/C14H28N2O/c1-2-8-15-10-12-5-4-9-16(11-12)13-6-3-7-14(13)17/h12-15,17H,2-11H2,1H3. The zero-order valence-electron chi connectivity index (χ0n) is 11.2. The molecule has 1 aliphatic carbocycles. The van der Waals surface area contributed by atoms with Crippen LogP contribution in [0, 0.1) is 5.92 Å². The van der Waals surface area contributed by atoms with E-state index in [-0.39, 0.29) is 6.10 Å². The first-order valence-electron chi connectivity index (χ1n) is 7.44. The lowest BCUT2D eigenvalue weighted by atomic mass is 9.96. The number of hydrogen-bond donors (Lipinski definition) is 2. The van der Waals surface area contributed by atoms with Gasteiger partial charge in [-0.3, -0.25) is 4.90 Å². The summed E-state index contributed by atoms with van der Waals surface area (Å²) in [5, 5.41) is 13.5. The smallest absolute Gasteiger partial charge is 0.0695 e. The highest BCUT2D eigenvalue weighted by atomic mass is 16.3. The van der Waals surface area contributed by atoms with Crippen LogP contribution < -0.4 is 5.32 Å². The summed E-state index contributed by atoms with van der Waals surface area (Å²) in [5.74, 6) is 0.795. The Kier molecular flexibility index (Phi) is 5.26. The quantitative estimate of drug-likeness (QED) is 0.717. The zero-order valence-corrected chi connectivity index (χ0v) is 11.2. The molecule has 100 valence electrons. The van der Waals surface area contributed by atoms with Crippen molar-refractivity contribution in [2.45, 2.75) is 57.6 Å². The van der Waals surface area contributed by atoms with E-state index in [1.807, 2.05) is 0 Å². The van der Waals surface area contributed by atoms with Crippen LogP contribution in [0.3, 0.4) is 0 Å². The van der Waals surface area contributed by atoms with Gasteiger partial charge in [-0.05, 0) is 64.1 Å². The van der Waals surface area contributed by atoms with Crippen LogP contribution in [-0.2, 0) is 0 Å². The molecule has 0 radical (unpaired) electrons. The van der Waals surface area contributed by atoms with E-state index in [2.05, 4.69) is 17.1 Å². The van der Waals surface area contributed by atoms with Crippen LogP contribution in [-0.4, -0.2) is 48.3 Å². The summed E-state index contributed by atoms with van der Waals surface area (Å²) in [6.45, 7) is 6.91. The van der Waals surface area contributed by atoms with Gasteiger partial charge >= 0.3 is 0 Å². The largest absolute Gasteiger partial charge is 0.391 e. The first-order chi connectivity index (χ1) is 8.31. The Bertz CT molecular complexity index is 222. The van der Waals surface area contributed by atoms with Crippen LogP contribution in [0.15, 0.2) is 0 Å². The van der Waals surface area contributed by atoms with Gasteiger partial charge in [-0.1, -0.05) is 6.92 Å². The molecule has 17 heavy (non-hydrogen) atoms. The van der Waals surface area contributed by atoms with Gasteiger partial charge in [0, 0.05) is 12.6 Å².